The molecule has 0 saturated carbocycles. The fraction of sp³-hybridized carbons (Fsp3) is 0.600. The van der Waals surface area contributed by atoms with Crippen molar-refractivity contribution in [3.05, 3.63) is 18.2 Å². The van der Waals surface area contributed by atoms with Crippen LogP contribution in [0.5, 0.6) is 11.5 Å². The first-order valence-corrected chi connectivity index (χ1v) is 7.08. The first-order valence-electron chi connectivity index (χ1n) is 7.08. The van der Waals surface area contributed by atoms with Gasteiger partial charge in [0.25, 0.3) is 0 Å². The van der Waals surface area contributed by atoms with Crippen LogP contribution in [0.15, 0.2) is 18.2 Å². The first-order chi connectivity index (χ1) is 9.29. The zero-order chi connectivity index (χ0) is 13.5. The van der Waals surface area contributed by atoms with Gasteiger partial charge < -0.3 is 20.1 Å². The number of rotatable bonds is 6. The lowest BCUT2D eigenvalue weighted by Crippen LogP contribution is -2.31. The van der Waals surface area contributed by atoms with E-state index in [1.54, 1.807) is 7.11 Å². The molecule has 1 heterocycles. The minimum absolute atomic E-state index is 0.621. The summed E-state index contributed by atoms with van der Waals surface area (Å²) in [5.74, 6) is 1.51. The highest BCUT2D eigenvalue weighted by atomic mass is 16.5. The second kappa shape index (κ2) is 7.24. The quantitative estimate of drug-likeness (QED) is 0.633. The topological polar surface area (TPSA) is 47.7 Å². The van der Waals surface area contributed by atoms with Crippen LogP contribution in [-0.4, -0.2) is 38.3 Å². The predicted octanol–water partition coefficient (Wildman–Crippen LogP) is 2.53. The number of nitrogens with two attached hydrogens (primary N) is 1. The van der Waals surface area contributed by atoms with E-state index < -0.39 is 0 Å². The highest BCUT2D eigenvalue weighted by molar-refractivity contribution is 5.56. The zero-order valence-corrected chi connectivity index (χ0v) is 11.7. The Morgan fingerprint density at radius 1 is 1.21 bits per heavy atom. The van der Waals surface area contributed by atoms with Crippen molar-refractivity contribution in [2.24, 2.45) is 0 Å². The molecule has 0 atom stereocenters. The molecule has 19 heavy (non-hydrogen) atoms. The maximum atomic E-state index is 5.84. The summed E-state index contributed by atoms with van der Waals surface area (Å²) in [5, 5.41) is 0. The van der Waals surface area contributed by atoms with Gasteiger partial charge in [-0.1, -0.05) is 6.42 Å². The van der Waals surface area contributed by atoms with E-state index in [1.165, 1.54) is 32.4 Å². The molecule has 0 bridgehead atoms. The second-order valence-corrected chi connectivity index (χ2v) is 5.01. The molecule has 1 aromatic rings. The molecular weight excluding hydrogens is 240 g/mol. The Labute approximate surface area is 115 Å². The average Bonchev–Trinajstić information content (AvgIpc) is 2.45. The van der Waals surface area contributed by atoms with Gasteiger partial charge >= 0.3 is 0 Å². The molecule has 0 spiro atoms. The van der Waals surface area contributed by atoms with Gasteiger partial charge in [0.1, 0.15) is 11.5 Å². The highest BCUT2D eigenvalue weighted by Gasteiger charge is 2.09. The summed E-state index contributed by atoms with van der Waals surface area (Å²) in [6, 6.07) is 5.56. The molecule has 2 rings (SSSR count). The van der Waals surface area contributed by atoms with E-state index in [2.05, 4.69) is 4.90 Å². The molecule has 106 valence electrons. The number of piperidine rings is 1. The monoisotopic (exact) mass is 264 g/mol. The van der Waals surface area contributed by atoms with Crippen molar-refractivity contribution >= 4 is 5.69 Å². The van der Waals surface area contributed by atoms with E-state index >= 15 is 0 Å². The summed E-state index contributed by atoms with van der Waals surface area (Å²) in [4.78, 5) is 2.52. The van der Waals surface area contributed by atoms with Gasteiger partial charge in [0.05, 0.1) is 19.4 Å². The van der Waals surface area contributed by atoms with Gasteiger partial charge in [-0.05, 0) is 44.5 Å². The molecule has 4 heteroatoms. The van der Waals surface area contributed by atoms with E-state index in [9.17, 15) is 0 Å². The number of nitrogens with zero attached hydrogens (tertiary/aromatic N) is 1. The van der Waals surface area contributed by atoms with Crippen molar-refractivity contribution in [2.75, 3.05) is 39.1 Å². The molecule has 1 fully saturated rings. The lowest BCUT2D eigenvalue weighted by molar-refractivity contribution is 0.205. The SMILES string of the molecule is COc1ccc(OCCCN2CCCCC2)cc1N. The third-order valence-corrected chi connectivity index (χ3v) is 3.54. The third kappa shape index (κ3) is 4.31. The summed E-state index contributed by atoms with van der Waals surface area (Å²) >= 11 is 0. The molecule has 1 aliphatic rings. The molecule has 4 nitrogen and oxygen atoms in total. The number of hydrogen-bond acceptors (Lipinski definition) is 4. The molecule has 0 aromatic heterocycles. The first kappa shape index (κ1) is 14.0. The average molecular weight is 264 g/mol. The summed E-state index contributed by atoms with van der Waals surface area (Å²) in [6.45, 7) is 4.36. The molecule has 0 amide bonds. The van der Waals surface area contributed by atoms with Crippen LogP contribution >= 0.6 is 0 Å². The van der Waals surface area contributed by atoms with E-state index in [-0.39, 0.29) is 0 Å². The number of methoxy groups -OCH3 is 1. The smallest absolute Gasteiger partial charge is 0.142 e. The van der Waals surface area contributed by atoms with Crippen molar-refractivity contribution in [3.8, 4) is 11.5 Å². The lowest BCUT2D eigenvalue weighted by Gasteiger charge is -2.26. The molecule has 0 radical (unpaired) electrons. The van der Waals surface area contributed by atoms with Gasteiger partial charge in [0.2, 0.25) is 0 Å². The van der Waals surface area contributed by atoms with Crippen molar-refractivity contribution in [1.29, 1.82) is 0 Å². The highest BCUT2D eigenvalue weighted by Crippen LogP contribution is 2.25. The summed E-state index contributed by atoms with van der Waals surface area (Å²) < 4.78 is 10.8. The molecule has 1 aromatic carbocycles. The largest absolute Gasteiger partial charge is 0.495 e. The summed E-state index contributed by atoms with van der Waals surface area (Å²) in [5.41, 5.74) is 6.46. The Morgan fingerprint density at radius 2 is 2.00 bits per heavy atom. The molecule has 0 unspecified atom stereocenters. The fourth-order valence-electron chi connectivity index (χ4n) is 2.46. The van der Waals surface area contributed by atoms with Crippen LogP contribution in [-0.2, 0) is 0 Å². The van der Waals surface area contributed by atoms with Gasteiger partial charge in [-0.2, -0.15) is 0 Å². The lowest BCUT2D eigenvalue weighted by atomic mass is 10.1. The second-order valence-electron chi connectivity index (χ2n) is 5.01. The summed E-state index contributed by atoms with van der Waals surface area (Å²) in [7, 11) is 1.62. The summed E-state index contributed by atoms with van der Waals surface area (Å²) in [6.07, 6.45) is 5.13. The van der Waals surface area contributed by atoms with Crippen molar-refractivity contribution in [1.82, 2.24) is 4.90 Å². The number of ether oxygens (including phenoxy) is 2. The Kier molecular flexibility index (Phi) is 5.33. The molecule has 0 aliphatic carbocycles. The predicted molar refractivity (Wildman–Crippen MR) is 77.8 cm³/mol. The van der Waals surface area contributed by atoms with Gasteiger partial charge in [-0.3, -0.25) is 0 Å². The molecular formula is C15H24N2O2. The van der Waals surface area contributed by atoms with E-state index in [0.29, 0.717) is 11.4 Å². The number of likely N-dealkylation sites (tertiary alicyclic amines) is 1. The van der Waals surface area contributed by atoms with Crippen LogP contribution in [0.2, 0.25) is 0 Å². The van der Waals surface area contributed by atoms with E-state index in [4.69, 9.17) is 15.2 Å². The van der Waals surface area contributed by atoms with Crippen LogP contribution in [0.25, 0.3) is 0 Å². The number of nitrogen functional groups attached to an aromatic ring is 1. The Hall–Kier alpha value is -1.42. The fourth-order valence-corrected chi connectivity index (χ4v) is 2.46. The minimum atomic E-state index is 0.621. The number of benzene rings is 1. The zero-order valence-electron chi connectivity index (χ0n) is 11.7. The van der Waals surface area contributed by atoms with Gasteiger partial charge in [-0.15, -0.1) is 0 Å². The van der Waals surface area contributed by atoms with Crippen LogP contribution < -0.4 is 15.2 Å². The third-order valence-electron chi connectivity index (χ3n) is 3.54. The Morgan fingerprint density at radius 3 is 2.68 bits per heavy atom. The number of hydrogen-bond donors (Lipinski definition) is 1. The van der Waals surface area contributed by atoms with Crippen LogP contribution in [0.1, 0.15) is 25.7 Å². The van der Waals surface area contributed by atoms with Crippen LogP contribution in [0.3, 0.4) is 0 Å². The standard InChI is InChI=1S/C15H24N2O2/c1-18-15-7-6-13(12-14(15)16)19-11-5-10-17-8-3-2-4-9-17/h6-7,12H,2-5,8-11,16H2,1H3. The molecule has 1 saturated heterocycles. The van der Waals surface area contributed by atoms with Crippen LogP contribution in [0.4, 0.5) is 5.69 Å². The van der Waals surface area contributed by atoms with Gasteiger partial charge in [0, 0.05) is 12.6 Å². The molecule has 2 N–H and O–H groups in total. The van der Waals surface area contributed by atoms with Crippen LogP contribution in [0, 0.1) is 0 Å². The van der Waals surface area contributed by atoms with Gasteiger partial charge in [-0.25, -0.2) is 0 Å². The van der Waals surface area contributed by atoms with Gasteiger partial charge in [0.15, 0.2) is 0 Å². The Bertz CT molecular complexity index is 390. The van der Waals surface area contributed by atoms with Crippen molar-refractivity contribution in [2.45, 2.75) is 25.7 Å². The number of anilines is 1. The normalized spacial score (nSPS) is 16.3. The Balaban J connectivity index is 1.69. The van der Waals surface area contributed by atoms with Crippen molar-refractivity contribution in [3.63, 3.8) is 0 Å². The maximum absolute atomic E-state index is 5.84. The molecule has 1 aliphatic heterocycles. The minimum Gasteiger partial charge on any atom is -0.495 e. The maximum Gasteiger partial charge on any atom is 0.142 e. The van der Waals surface area contributed by atoms with E-state index in [0.717, 1.165) is 25.3 Å². The van der Waals surface area contributed by atoms with E-state index in [1.807, 2.05) is 18.2 Å². The van der Waals surface area contributed by atoms with Crippen molar-refractivity contribution < 1.29 is 9.47 Å².